The Morgan fingerprint density at radius 3 is 2.69 bits per heavy atom. The quantitative estimate of drug-likeness (QED) is 0.729. The van der Waals surface area contributed by atoms with Crippen molar-refractivity contribution < 1.29 is 9.47 Å². The first kappa shape index (κ1) is 21.3. The van der Waals surface area contributed by atoms with Gasteiger partial charge in [-0.05, 0) is 88.7 Å². The Balaban J connectivity index is 1.40. The number of piperidine rings is 1. The van der Waals surface area contributed by atoms with E-state index in [1.54, 1.807) is 0 Å². The van der Waals surface area contributed by atoms with Crippen LogP contribution in [0.4, 0.5) is 0 Å². The van der Waals surface area contributed by atoms with E-state index in [1.165, 1.54) is 62.6 Å². The van der Waals surface area contributed by atoms with Gasteiger partial charge in [-0.1, -0.05) is 13.8 Å². The highest BCUT2D eigenvalue weighted by atomic mass is 16.5. The van der Waals surface area contributed by atoms with E-state index in [0.29, 0.717) is 18.1 Å². The van der Waals surface area contributed by atoms with E-state index in [-0.39, 0.29) is 6.23 Å². The first-order valence-electron chi connectivity index (χ1n) is 12.1. The molecule has 4 rings (SSSR count). The molecule has 3 unspecified atom stereocenters. The lowest BCUT2D eigenvalue weighted by atomic mass is 9.80. The van der Waals surface area contributed by atoms with E-state index in [1.807, 2.05) is 6.20 Å². The van der Waals surface area contributed by atoms with Crippen LogP contribution in [0.25, 0.3) is 0 Å². The van der Waals surface area contributed by atoms with Crippen molar-refractivity contribution in [1.29, 1.82) is 0 Å². The molecule has 0 aromatic carbocycles. The van der Waals surface area contributed by atoms with Crippen LogP contribution in [0, 0.1) is 18.8 Å². The minimum Gasteiger partial charge on any atom is -0.377 e. The third-order valence-corrected chi connectivity index (χ3v) is 7.56. The predicted octanol–water partition coefficient (Wildman–Crippen LogP) is 4.96. The molecule has 0 amide bonds. The highest BCUT2D eigenvalue weighted by molar-refractivity contribution is 5.23. The van der Waals surface area contributed by atoms with Crippen LogP contribution in [0.1, 0.15) is 95.0 Å². The molecule has 5 nitrogen and oxygen atoms in total. The zero-order valence-electron chi connectivity index (χ0n) is 18.7. The zero-order valence-corrected chi connectivity index (χ0v) is 18.7. The molecule has 2 aliphatic heterocycles. The Morgan fingerprint density at radius 1 is 1.14 bits per heavy atom. The number of nitrogens with zero attached hydrogens (tertiary/aromatic N) is 2. The smallest absolute Gasteiger partial charge is 0.150 e. The topological polar surface area (TPSA) is 48.3 Å². The van der Waals surface area contributed by atoms with E-state index in [4.69, 9.17) is 14.6 Å². The highest BCUT2D eigenvalue weighted by Crippen LogP contribution is 2.35. The number of aryl methyl sites for hydroxylation is 1. The lowest BCUT2D eigenvalue weighted by molar-refractivity contribution is -0.0434. The summed E-state index contributed by atoms with van der Waals surface area (Å²) in [6.07, 6.45) is 13.6. The zero-order chi connectivity index (χ0) is 20.2. The van der Waals surface area contributed by atoms with Gasteiger partial charge in [0.2, 0.25) is 0 Å². The van der Waals surface area contributed by atoms with Crippen molar-refractivity contribution in [2.24, 2.45) is 11.8 Å². The lowest BCUT2D eigenvalue weighted by Gasteiger charge is -2.37. The molecule has 5 heteroatoms. The molecule has 1 saturated carbocycles. The van der Waals surface area contributed by atoms with Crippen LogP contribution < -0.4 is 5.32 Å². The number of hydrogen-bond donors (Lipinski definition) is 1. The summed E-state index contributed by atoms with van der Waals surface area (Å²) in [7, 11) is 0. The molecule has 1 aromatic heterocycles. The second-order valence-corrected chi connectivity index (χ2v) is 9.90. The molecule has 3 fully saturated rings. The van der Waals surface area contributed by atoms with E-state index in [0.717, 1.165) is 38.0 Å². The summed E-state index contributed by atoms with van der Waals surface area (Å²) in [5, 5.41) is 8.52. The van der Waals surface area contributed by atoms with Gasteiger partial charge in [-0.2, -0.15) is 5.10 Å². The average Bonchev–Trinajstić information content (AvgIpc) is 3.14. The van der Waals surface area contributed by atoms with Crippen LogP contribution >= 0.6 is 0 Å². The number of nitrogens with one attached hydrogen (secondary N) is 1. The molecule has 0 radical (unpaired) electrons. The van der Waals surface area contributed by atoms with Gasteiger partial charge in [-0.25, -0.2) is 4.68 Å². The van der Waals surface area contributed by atoms with Crippen molar-refractivity contribution in [3.8, 4) is 0 Å². The Kier molecular flexibility index (Phi) is 7.30. The van der Waals surface area contributed by atoms with Crippen molar-refractivity contribution in [2.45, 2.75) is 103 Å². The van der Waals surface area contributed by atoms with Gasteiger partial charge in [0, 0.05) is 24.3 Å². The van der Waals surface area contributed by atoms with E-state index < -0.39 is 0 Å². The van der Waals surface area contributed by atoms with Crippen LogP contribution in [0.2, 0.25) is 0 Å². The maximum atomic E-state index is 6.48. The number of rotatable bonds is 6. The summed E-state index contributed by atoms with van der Waals surface area (Å²) in [4.78, 5) is 0. The number of ether oxygens (including phenoxy) is 2. The van der Waals surface area contributed by atoms with Crippen molar-refractivity contribution >= 4 is 0 Å². The molecule has 1 N–H and O–H groups in total. The number of aromatic nitrogens is 2. The molecule has 0 bridgehead atoms. The van der Waals surface area contributed by atoms with Crippen molar-refractivity contribution in [3.63, 3.8) is 0 Å². The van der Waals surface area contributed by atoms with Crippen LogP contribution in [0.3, 0.4) is 0 Å². The molecular weight excluding hydrogens is 362 g/mol. The first-order chi connectivity index (χ1) is 14.1. The fourth-order valence-electron chi connectivity index (χ4n) is 5.68. The fourth-order valence-corrected chi connectivity index (χ4v) is 5.68. The molecule has 1 aromatic rings. The minimum atomic E-state index is 0.113. The third kappa shape index (κ3) is 5.05. The van der Waals surface area contributed by atoms with E-state index in [9.17, 15) is 0 Å². The second kappa shape index (κ2) is 9.93. The van der Waals surface area contributed by atoms with Crippen LogP contribution in [0.15, 0.2) is 6.20 Å². The van der Waals surface area contributed by atoms with Gasteiger partial charge >= 0.3 is 0 Å². The van der Waals surface area contributed by atoms with E-state index >= 15 is 0 Å². The largest absolute Gasteiger partial charge is 0.377 e. The molecule has 164 valence electrons. The SMILES string of the molecule is Cc1cnn(C2CCCCO2)c1C1CCCNC1COC1CCC(C(C)C)CC1. The summed E-state index contributed by atoms with van der Waals surface area (Å²) in [6.45, 7) is 9.71. The predicted molar refractivity (Wildman–Crippen MR) is 116 cm³/mol. The first-order valence-corrected chi connectivity index (χ1v) is 12.1. The van der Waals surface area contributed by atoms with Crippen molar-refractivity contribution in [1.82, 2.24) is 15.1 Å². The average molecular weight is 404 g/mol. The normalized spacial score (nSPS) is 33.9. The summed E-state index contributed by atoms with van der Waals surface area (Å²) in [6, 6.07) is 0.379. The maximum Gasteiger partial charge on any atom is 0.150 e. The van der Waals surface area contributed by atoms with Crippen LogP contribution in [-0.2, 0) is 9.47 Å². The molecular formula is C24H41N3O2. The van der Waals surface area contributed by atoms with Gasteiger partial charge in [-0.15, -0.1) is 0 Å². The van der Waals surface area contributed by atoms with Crippen LogP contribution in [-0.4, -0.2) is 41.7 Å². The highest BCUT2D eigenvalue weighted by Gasteiger charge is 2.33. The summed E-state index contributed by atoms with van der Waals surface area (Å²) >= 11 is 0. The number of hydrogen-bond acceptors (Lipinski definition) is 4. The van der Waals surface area contributed by atoms with Gasteiger partial charge in [0.1, 0.15) is 6.23 Å². The van der Waals surface area contributed by atoms with Gasteiger partial charge < -0.3 is 14.8 Å². The summed E-state index contributed by atoms with van der Waals surface area (Å²) in [5.41, 5.74) is 2.68. The lowest BCUT2D eigenvalue weighted by Crippen LogP contribution is -2.45. The van der Waals surface area contributed by atoms with Gasteiger partial charge in [0.25, 0.3) is 0 Å². The van der Waals surface area contributed by atoms with Gasteiger partial charge in [0.15, 0.2) is 0 Å². The Bertz CT molecular complexity index is 630. The maximum absolute atomic E-state index is 6.48. The Hall–Kier alpha value is -0.910. The molecule has 0 spiro atoms. The van der Waals surface area contributed by atoms with E-state index in [2.05, 4.69) is 30.8 Å². The second-order valence-electron chi connectivity index (χ2n) is 9.90. The van der Waals surface area contributed by atoms with Crippen molar-refractivity contribution in [2.75, 3.05) is 19.8 Å². The monoisotopic (exact) mass is 403 g/mol. The molecule has 3 aliphatic rings. The standard InChI is InChI=1S/C24H41N3O2/c1-17(2)19-9-11-20(12-10-19)29-16-22-21(7-6-13-25-22)24-18(3)15-26-27(24)23-8-4-5-14-28-23/h15,17,19-23,25H,4-14,16H2,1-3H3. The summed E-state index contributed by atoms with van der Waals surface area (Å²) in [5.74, 6) is 2.16. The third-order valence-electron chi connectivity index (χ3n) is 7.56. The van der Waals surface area contributed by atoms with Gasteiger partial charge in [0.05, 0.1) is 18.9 Å². The Labute approximate surface area is 176 Å². The molecule has 3 heterocycles. The van der Waals surface area contributed by atoms with Crippen LogP contribution in [0.5, 0.6) is 0 Å². The minimum absolute atomic E-state index is 0.113. The van der Waals surface area contributed by atoms with Gasteiger partial charge in [-0.3, -0.25) is 0 Å². The Morgan fingerprint density at radius 2 is 1.97 bits per heavy atom. The summed E-state index contributed by atoms with van der Waals surface area (Å²) < 4.78 is 14.8. The molecule has 2 saturated heterocycles. The fraction of sp³-hybridized carbons (Fsp3) is 0.875. The molecule has 3 atom stereocenters. The molecule has 1 aliphatic carbocycles. The molecule has 29 heavy (non-hydrogen) atoms. The van der Waals surface area contributed by atoms with Crippen molar-refractivity contribution in [3.05, 3.63) is 17.5 Å².